The second-order valence-corrected chi connectivity index (χ2v) is 12.5. The fraction of sp³-hybridized carbons (Fsp3) is 0.462. The van der Waals surface area contributed by atoms with Crippen LogP contribution in [0.3, 0.4) is 0 Å². The number of phenols is 1. The Hall–Kier alpha value is -2.31. The van der Waals surface area contributed by atoms with E-state index in [2.05, 4.69) is 0 Å². The van der Waals surface area contributed by atoms with Crippen molar-refractivity contribution in [1.29, 1.82) is 0 Å². The number of hydrogen-bond acceptors (Lipinski definition) is 4. The van der Waals surface area contributed by atoms with E-state index >= 15 is 0 Å². The molecule has 0 unspecified atom stereocenters. The Bertz CT molecular complexity index is 1080. The normalized spacial score (nSPS) is 18.3. The number of benzene rings is 2. The van der Waals surface area contributed by atoms with Gasteiger partial charge < -0.3 is 9.84 Å². The molecule has 1 heterocycles. The molecule has 5 nitrogen and oxygen atoms in total. The highest BCUT2D eigenvalue weighted by Crippen LogP contribution is 2.41. The third kappa shape index (κ3) is 5.02. The third-order valence-corrected chi connectivity index (χ3v) is 7.85. The van der Waals surface area contributed by atoms with Crippen LogP contribution in [0, 0.1) is 0 Å². The number of hydrogen-bond donors (Lipinski definition) is 1. The lowest BCUT2D eigenvalue weighted by Gasteiger charge is -2.28. The van der Waals surface area contributed by atoms with E-state index < -0.39 is 10.0 Å². The first-order valence-corrected chi connectivity index (χ1v) is 12.4. The molecule has 2 aromatic carbocycles. The number of sulfonamides is 1. The van der Waals surface area contributed by atoms with Gasteiger partial charge in [0.2, 0.25) is 10.0 Å². The number of nitrogens with zero attached hydrogens (tertiary/aromatic N) is 1. The fourth-order valence-electron chi connectivity index (χ4n) is 3.96. The molecule has 0 bridgehead atoms. The molecule has 0 atom stereocenters. The average Bonchev–Trinajstić information content (AvgIpc) is 2.95. The molecule has 3 rings (SSSR count). The van der Waals surface area contributed by atoms with Gasteiger partial charge in [-0.1, -0.05) is 53.7 Å². The molecule has 1 fully saturated rings. The zero-order chi connectivity index (χ0) is 23.9. The maximum absolute atomic E-state index is 13.2. The SMILES string of the molecule is COc1ccc(CN2CC/C(=C/c3cc(C(C)(C)C)c(O)c(C(C)(C)C)c3)S2(=O)=O)cc1. The summed E-state index contributed by atoms with van der Waals surface area (Å²) in [6.45, 7) is 13.1. The van der Waals surface area contributed by atoms with Crippen LogP contribution in [0.25, 0.3) is 6.08 Å². The van der Waals surface area contributed by atoms with Crippen molar-refractivity contribution < 1.29 is 18.3 Å². The Kier molecular flexibility index (Phi) is 6.51. The largest absolute Gasteiger partial charge is 0.507 e. The predicted molar refractivity (Wildman–Crippen MR) is 130 cm³/mol. The highest BCUT2D eigenvalue weighted by molar-refractivity contribution is 7.93. The van der Waals surface area contributed by atoms with Gasteiger partial charge >= 0.3 is 0 Å². The van der Waals surface area contributed by atoms with Crippen LogP contribution in [0.15, 0.2) is 41.3 Å². The number of aromatic hydroxyl groups is 1. The van der Waals surface area contributed by atoms with Crippen molar-refractivity contribution in [2.75, 3.05) is 13.7 Å². The van der Waals surface area contributed by atoms with E-state index in [0.29, 0.717) is 30.2 Å². The Balaban J connectivity index is 1.97. The minimum absolute atomic E-state index is 0.270. The first-order valence-electron chi connectivity index (χ1n) is 10.9. The van der Waals surface area contributed by atoms with Crippen molar-refractivity contribution in [2.24, 2.45) is 0 Å². The van der Waals surface area contributed by atoms with Crippen molar-refractivity contribution >= 4 is 16.1 Å². The van der Waals surface area contributed by atoms with Gasteiger partial charge in [0.25, 0.3) is 0 Å². The summed E-state index contributed by atoms with van der Waals surface area (Å²) in [5.74, 6) is 1.04. The standard InChI is InChI=1S/C26H35NO4S/c1-25(2,3)22-15-19(16-23(24(22)28)26(4,5)6)14-21-12-13-27(32(21,29)30)17-18-8-10-20(31-7)11-9-18/h8-11,14-16,28H,12-13,17H2,1-7H3/b21-14-. The molecular formula is C26H35NO4S. The van der Waals surface area contributed by atoms with Gasteiger partial charge in [-0.2, -0.15) is 4.31 Å². The molecule has 0 saturated carbocycles. The van der Waals surface area contributed by atoms with E-state index in [1.165, 1.54) is 4.31 Å². The lowest BCUT2D eigenvalue weighted by atomic mass is 9.78. The number of methoxy groups -OCH3 is 1. The molecule has 1 N–H and O–H groups in total. The lowest BCUT2D eigenvalue weighted by Crippen LogP contribution is -2.24. The van der Waals surface area contributed by atoms with Gasteiger partial charge in [0, 0.05) is 24.2 Å². The third-order valence-electron chi connectivity index (χ3n) is 5.87. The second-order valence-electron chi connectivity index (χ2n) is 10.5. The Morgan fingerprint density at radius 3 is 2.00 bits per heavy atom. The number of ether oxygens (including phenoxy) is 1. The van der Waals surface area contributed by atoms with Gasteiger partial charge in [0.05, 0.1) is 12.0 Å². The van der Waals surface area contributed by atoms with Crippen molar-refractivity contribution in [3.63, 3.8) is 0 Å². The summed E-state index contributed by atoms with van der Waals surface area (Å²) in [6, 6.07) is 11.3. The molecule has 0 radical (unpaired) electrons. The summed E-state index contributed by atoms with van der Waals surface area (Å²) < 4.78 is 33.2. The quantitative estimate of drug-likeness (QED) is 0.652. The Labute approximate surface area is 192 Å². The molecule has 1 aliphatic rings. The molecule has 1 aliphatic heterocycles. The zero-order valence-corrected chi connectivity index (χ0v) is 21.0. The van der Waals surface area contributed by atoms with Gasteiger partial charge in [-0.15, -0.1) is 0 Å². The van der Waals surface area contributed by atoms with Gasteiger partial charge in [-0.05, 0) is 58.7 Å². The van der Waals surface area contributed by atoms with E-state index in [-0.39, 0.29) is 10.8 Å². The van der Waals surface area contributed by atoms with Crippen molar-refractivity contribution in [1.82, 2.24) is 4.31 Å². The lowest BCUT2D eigenvalue weighted by molar-refractivity contribution is 0.413. The predicted octanol–water partition coefficient (Wildman–Crippen LogP) is 5.57. The summed E-state index contributed by atoms with van der Waals surface area (Å²) in [5.41, 5.74) is 2.83. The van der Waals surface area contributed by atoms with Crippen LogP contribution in [0.2, 0.25) is 0 Å². The second kappa shape index (κ2) is 8.56. The summed E-state index contributed by atoms with van der Waals surface area (Å²) in [4.78, 5) is 0.413. The monoisotopic (exact) mass is 457 g/mol. The average molecular weight is 458 g/mol. The van der Waals surface area contributed by atoms with Crippen LogP contribution in [-0.4, -0.2) is 31.5 Å². The summed E-state index contributed by atoms with van der Waals surface area (Å²) in [5, 5.41) is 10.9. The number of phenolic OH excluding ortho intramolecular Hbond substituents is 1. The first-order chi connectivity index (χ1) is 14.7. The number of rotatable bonds is 4. The molecule has 0 aliphatic carbocycles. The van der Waals surface area contributed by atoms with Crippen LogP contribution >= 0.6 is 0 Å². The maximum Gasteiger partial charge on any atom is 0.239 e. The van der Waals surface area contributed by atoms with E-state index in [1.807, 2.05) is 77.9 Å². The van der Waals surface area contributed by atoms with Crippen LogP contribution < -0.4 is 4.74 Å². The summed E-state index contributed by atoms with van der Waals surface area (Å²) in [7, 11) is -1.94. The molecule has 0 spiro atoms. The topological polar surface area (TPSA) is 66.8 Å². The van der Waals surface area contributed by atoms with E-state index in [9.17, 15) is 13.5 Å². The Morgan fingerprint density at radius 2 is 1.53 bits per heavy atom. The highest BCUT2D eigenvalue weighted by Gasteiger charge is 2.34. The van der Waals surface area contributed by atoms with Crippen molar-refractivity contribution in [3.8, 4) is 11.5 Å². The molecule has 32 heavy (non-hydrogen) atoms. The first kappa shape index (κ1) is 24.3. The molecule has 0 aromatic heterocycles. The van der Waals surface area contributed by atoms with Crippen LogP contribution in [0.5, 0.6) is 11.5 Å². The van der Waals surface area contributed by atoms with Crippen molar-refractivity contribution in [3.05, 3.63) is 63.6 Å². The van der Waals surface area contributed by atoms with E-state index in [0.717, 1.165) is 28.0 Å². The highest BCUT2D eigenvalue weighted by atomic mass is 32.2. The molecule has 1 saturated heterocycles. The molecule has 2 aromatic rings. The molecule has 174 valence electrons. The van der Waals surface area contributed by atoms with Gasteiger partial charge in [-0.3, -0.25) is 0 Å². The summed E-state index contributed by atoms with van der Waals surface area (Å²) in [6.07, 6.45) is 2.24. The van der Waals surface area contributed by atoms with Crippen LogP contribution in [0.1, 0.15) is 70.2 Å². The summed E-state index contributed by atoms with van der Waals surface area (Å²) >= 11 is 0. The zero-order valence-electron chi connectivity index (χ0n) is 20.2. The van der Waals surface area contributed by atoms with E-state index in [4.69, 9.17) is 4.74 Å². The van der Waals surface area contributed by atoms with Gasteiger partial charge in [0.1, 0.15) is 11.5 Å². The minimum Gasteiger partial charge on any atom is -0.507 e. The molecule has 0 amide bonds. The van der Waals surface area contributed by atoms with Gasteiger partial charge in [0.15, 0.2) is 0 Å². The van der Waals surface area contributed by atoms with Crippen molar-refractivity contribution in [2.45, 2.75) is 65.3 Å². The fourth-order valence-corrected chi connectivity index (χ4v) is 5.58. The van der Waals surface area contributed by atoms with Gasteiger partial charge in [-0.25, -0.2) is 8.42 Å². The Morgan fingerprint density at radius 1 is 1.00 bits per heavy atom. The van der Waals surface area contributed by atoms with E-state index in [1.54, 1.807) is 13.2 Å². The molecule has 6 heteroatoms. The molecular weight excluding hydrogens is 422 g/mol. The smallest absolute Gasteiger partial charge is 0.239 e. The van der Waals surface area contributed by atoms with Crippen LogP contribution in [-0.2, 0) is 27.4 Å². The minimum atomic E-state index is -3.55. The van der Waals surface area contributed by atoms with Crippen LogP contribution in [0.4, 0.5) is 0 Å². The maximum atomic E-state index is 13.2.